The van der Waals surface area contributed by atoms with Gasteiger partial charge in [0, 0.05) is 6.04 Å². The first-order valence-corrected chi connectivity index (χ1v) is 7.88. The van der Waals surface area contributed by atoms with Crippen molar-refractivity contribution in [2.75, 3.05) is 6.54 Å². The Morgan fingerprint density at radius 1 is 1.21 bits per heavy atom. The van der Waals surface area contributed by atoms with Crippen LogP contribution in [0.15, 0.2) is 30.3 Å². The summed E-state index contributed by atoms with van der Waals surface area (Å²) >= 11 is 0. The van der Waals surface area contributed by atoms with Crippen molar-refractivity contribution in [3.05, 3.63) is 35.9 Å². The van der Waals surface area contributed by atoms with Crippen molar-refractivity contribution < 1.29 is 0 Å². The largest absolute Gasteiger partial charge is 0.313 e. The van der Waals surface area contributed by atoms with Gasteiger partial charge in [0.15, 0.2) is 0 Å². The summed E-state index contributed by atoms with van der Waals surface area (Å²) < 4.78 is 0. The molecule has 19 heavy (non-hydrogen) atoms. The molecule has 0 heterocycles. The molecule has 1 heteroatoms. The van der Waals surface area contributed by atoms with Crippen LogP contribution in [0.25, 0.3) is 0 Å². The van der Waals surface area contributed by atoms with Gasteiger partial charge in [0.1, 0.15) is 0 Å². The van der Waals surface area contributed by atoms with E-state index >= 15 is 0 Å². The fourth-order valence-electron chi connectivity index (χ4n) is 3.19. The zero-order chi connectivity index (χ0) is 13.9. The van der Waals surface area contributed by atoms with Crippen LogP contribution in [0, 0.1) is 11.3 Å². The van der Waals surface area contributed by atoms with Crippen LogP contribution < -0.4 is 5.32 Å². The molecule has 0 aromatic heterocycles. The molecule has 1 nitrogen and oxygen atoms in total. The van der Waals surface area contributed by atoms with E-state index in [1.165, 1.54) is 24.8 Å². The molecule has 2 rings (SSSR count). The Labute approximate surface area is 118 Å². The van der Waals surface area contributed by atoms with Crippen LogP contribution in [0.2, 0.25) is 0 Å². The standard InChI is InChI=1S/C18H29N/c1-5-12-19-17(18(3,4)6-2)16-13-15(16)14-10-8-7-9-11-14/h7-11,15-17,19H,5-6,12-13H2,1-4H3. The Kier molecular flexibility index (Phi) is 4.67. The van der Waals surface area contributed by atoms with Gasteiger partial charge in [-0.05, 0) is 48.6 Å². The van der Waals surface area contributed by atoms with Gasteiger partial charge in [-0.25, -0.2) is 0 Å². The van der Waals surface area contributed by atoms with Crippen molar-refractivity contribution in [1.82, 2.24) is 5.32 Å². The Hall–Kier alpha value is -0.820. The summed E-state index contributed by atoms with van der Waals surface area (Å²) in [5.74, 6) is 1.60. The van der Waals surface area contributed by atoms with E-state index < -0.39 is 0 Å². The zero-order valence-corrected chi connectivity index (χ0v) is 12.9. The highest BCUT2D eigenvalue weighted by Gasteiger charge is 2.48. The van der Waals surface area contributed by atoms with Crippen molar-refractivity contribution >= 4 is 0 Å². The molecule has 0 radical (unpaired) electrons. The van der Waals surface area contributed by atoms with Crippen LogP contribution in [0.4, 0.5) is 0 Å². The summed E-state index contributed by atoms with van der Waals surface area (Å²) in [6, 6.07) is 11.7. The number of benzene rings is 1. The third-order valence-corrected chi connectivity index (χ3v) is 4.86. The van der Waals surface area contributed by atoms with E-state index in [2.05, 4.69) is 63.3 Å². The summed E-state index contributed by atoms with van der Waals surface area (Å²) in [4.78, 5) is 0. The molecule has 3 unspecified atom stereocenters. The van der Waals surface area contributed by atoms with Crippen molar-refractivity contribution in [3.8, 4) is 0 Å². The van der Waals surface area contributed by atoms with Gasteiger partial charge in [0.2, 0.25) is 0 Å². The number of rotatable bonds is 7. The van der Waals surface area contributed by atoms with Crippen LogP contribution >= 0.6 is 0 Å². The van der Waals surface area contributed by atoms with Crippen molar-refractivity contribution in [2.24, 2.45) is 11.3 Å². The number of hydrogen-bond donors (Lipinski definition) is 1. The van der Waals surface area contributed by atoms with Gasteiger partial charge in [0.25, 0.3) is 0 Å². The molecule has 1 fully saturated rings. The monoisotopic (exact) mass is 259 g/mol. The van der Waals surface area contributed by atoms with Crippen LogP contribution in [0.3, 0.4) is 0 Å². The smallest absolute Gasteiger partial charge is 0.0152 e. The second-order valence-corrected chi connectivity index (χ2v) is 6.69. The fourth-order valence-corrected chi connectivity index (χ4v) is 3.19. The number of nitrogens with one attached hydrogen (secondary N) is 1. The van der Waals surface area contributed by atoms with Gasteiger partial charge < -0.3 is 5.32 Å². The molecule has 106 valence electrons. The van der Waals surface area contributed by atoms with E-state index in [1.54, 1.807) is 0 Å². The van der Waals surface area contributed by atoms with Crippen LogP contribution in [0.1, 0.15) is 58.4 Å². The van der Waals surface area contributed by atoms with Gasteiger partial charge in [0.05, 0.1) is 0 Å². The Morgan fingerprint density at radius 3 is 2.47 bits per heavy atom. The summed E-state index contributed by atoms with van der Waals surface area (Å²) in [7, 11) is 0. The molecule has 1 aromatic carbocycles. The first-order chi connectivity index (χ1) is 9.10. The molecule has 1 saturated carbocycles. The van der Waals surface area contributed by atoms with Gasteiger partial charge in [-0.15, -0.1) is 0 Å². The van der Waals surface area contributed by atoms with Gasteiger partial charge in [-0.2, -0.15) is 0 Å². The van der Waals surface area contributed by atoms with E-state index in [0.29, 0.717) is 11.5 Å². The third kappa shape index (κ3) is 3.39. The molecule has 0 aliphatic heterocycles. The molecule has 3 atom stereocenters. The first-order valence-electron chi connectivity index (χ1n) is 7.88. The zero-order valence-electron chi connectivity index (χ0n) is 12.9. The highest BCUT2D eigenvalue weighted by Crippen LogP contribution is 2.53. The molecule has 0 saturated heterocycles. The third-order valence-electron chi connectivity index (χ3n) is 4.86. The maximum Gasteiger partial charge on any atom is 0.0152 e. The Bertz CT molecular complexity index is 382. The quantitative estimate of drug-likeness (QED) is 0.755. The second-order valence-electron chi connectivity index (χ2n) is 6.69. The molecule has 1 aliphatic carbocycles. The van der Waals surface area contributed by atoms with E-state index in [9.17, 15) is 0 Å². The highest BCUT2D eigenvalue weighted by atomic mass is 14.9. The second kappa shape index (κ2) is 6.09. The lowest BCUT2D eigenvalue weighted by atomic mass is 9.78. The summed E-state index contributed by atoms with van der Waals surface area (Å²) in [6.45, 7) is 10.6. The summed E-state index contributed by atoms with van der Waals surface area (Å²) in [5, 5.41) is 3.82. The molecule has 1 aromatic rings. The minimum absolute atomic E-state index is 0.392. The van der Waals surface area contributed by atoms with E-state index in [1.807, 2.05) is 0 Å². The maximum absolute atomic E-state index is 3.82. The van der Waals surface area contributed by atoms with Crippen LogP contribution in [-0.4, -0.2) is 12.6 Å². The molecule has 1 N–H and O–H groups in total. The summed E-state index contributed by atoms with van der Waals surface area (Å²) in [5.41, 5.74) is 1.92. The van der Waals surface area contributed by atoms with Crippen molar-refractivity contribution in [3.63, 3.8) is 0 Å². The lowest BCUT2D eigenvalue weighted by Crippen LogP contribution is -2.44. The number of hydrogen-bond acceptors (Lipinski definition) is 1. The molecule has 1 aliphatic rings. The summed E-state index contributed by atoms with van der Waals surface area (Å²) in [6.07, 6.45) is 3.82. The Balaban J connectivity index is 2.05. The van der Waals surface area contributed by atoms with Crippen LogP contribution in [0.5, 0.6) is 0 Å². The molecule has 0 bridgehead atoms. The average molecular weight is 259 g/mol. The van der Waals surface area contributed by atoms with Crippen molar-refractivity contribution in [2.45, 2.75) is 58.9 Å². The van der Waals surface area contributed by atoms with Gasteiger partial charge in [-0.1, -0.05) is 58.0 Å². The predicted molar refractivity (Wildman–Crippen MR) is 83.4 cm³/mol. The van der Waals surface area contributed by atoms with E-state index in [4.69, 9.17) is 0 Å². The average Bonchev–Trinajstić information content (AvgIpc) is 3.20. The van der Waals surface area contributed by atoms with E-state index in [0.717, 1.165) is 18.4 Å². The normalized spacial score (nSPS) is 24.2. The molecular weight excluding hydrogens is 230 g/mol. The van der Waals surface area contributed by atoms with E-state index in [-0.39, 0.29) is 0 Å². The fraction of sp³-hybridized carbons (Fsp3) is 0.667. The van der Waals surface area contributed by atoms with Gasteiger partial charge >= 0.3 is 0 Å². The maximum atomic E-state index is 3.82. The lowest BCUT2D eigenvalue weighted by molar-refractivity contribution is 0.206. The first kappa shape index (κ1) is 14.6. The predicted octanol–water partition coefficient (Wildman–Crippen LogP) is 4.59. The van der Waals surface area contributed by atoms with Crippen molar-refractivity contribution in [1.29, 1.82) is 0 Å². The minimum Gasteiger partial charge on any atom is -0.313 e. The van der Waals surface area contributed by atoms with Crippen LogP contribution in [-0.2, 0) is 0 Å². The van der Waals surface area contributed by atoms with Gasteiger partial charge in [-0.3, -0.25) is 0 Å². The molecule has 0 amide bonds. The Morgan fingerprint density at radius 2 is 1.89 bits per heavy atom. The SMILES string of the molecule is CCCNC(C1CC1c1ccccc1)C(C)(C)CC. The topological polar surface area (TPSA) is 12.0 Å². The molecule has 0 spiro atoms. The highest BCUT2D eigenvalue weighted by molar-refractivity contribution is 5.27. The minimum atomic E-state index is 0.392. The molecular formula is C18H29N. The lowest BCUT2D eigenvalue weighted by Gasteiger charge is -2.35.